The normalized spacial score (nSPS) is 24.4. The maximum atomic E-state index is 12.6. The van der Waals surface area contributed by atoms with Crippen molar-refractivity contribution in [2.45, 2.75) is 45.1 Å². The van der Waals surface area contributed by atoms with Crippen LogP contribution in [0.25, 0.3) is 0 Å². The van der Waals surface area contributed by atoms with Gasteiger partial charge in [0.2, 0.25) is 0 Å². The lowest BCUT2D eigenvalue weighted by Crippen LogP contribution is -2.53. The van der Waals surface area contributed by atoms with Crippen molar-refractivity contribution in [1.29, 1.82) is 5.26 Å². The predicted molar refractivity (Wildman–Crippen MR) is 102 cm³/mol. The van der Waals surface area contributed by atoms with E-state index in [4.69, 9.17) is 10.00 Å². The average Bonchev–Trinajstić information content (AvgIpc) is 2.71. The summed E-state index contributed by atoms with van der Waals surface area (Å²) in [6, 6.07) is 9.17. The second kappa shape index (κ2) is 8.90. The van der Waals surface area contributed by atoms with Gasteiger partial charge in [0, 0.05) is 18.3 Å². The average molecular weight is 369 g/mol. The van der Waals surface area contributed by atoms with Gasteiger partial charge in [0.1, 0.15) is 6.54 Å². The Morgan fingerprint density at radius 1 is 1.22 bits per heavy atom. The van der Waals surface area contributed by atoms with Crippen LogP contribution < -0.4 is 5.32 Å². The number of amides is 1. The molecule has 0 unspecified atom stereocenters. The Hall–Kier alpha value is -2.55. The second-order valence-electron chi connectivity index (χ2n) is 7.57. The van der Waals surface area contributed by atoms with Crippen molar-refractivity contribution >= 4 is 17.6 Å². The molecular weight excluding hydrogens is 342 g/mol. The van der Waals surface area contributed by atoms with E-state index in [1.807, 2.05) is 11.0 Å². The summed E-state index contributed by atoms with van der Waals surface area (Å²) in [6.07, 6.45) is 5.72. The molecule has 3 atom stereocenters. The number of nitrogens with zero attached hydrogens (tertiary/aromatic N) is 2. The zero-order valence-electron chi connectivity index (χ0n) is 15.8. The molecule has 1 aromatic carbocycles. The van der Waals surface area contributed by atoms with Gasteiger partial charge in [-0.3, -0.25) is 9.59 Å². The smallest absolute Gasteiger partial charge is 0.325 e. The lowest BCUT2D eigenvalue weighted by Gasteiger charge is -2.47. The summed E-state index contributed by atoms with van der Waals surface area (Å²) in [5.74, 6) is 0.715. The van der Waals surface area contributed by atoms with Gasteiger partial charge in [0.15, 0.2) is 6.61 Å². The van der Waals surface area contributed by atoms with Gasteiger partial charge in [0.25, 0.3) is 5.91 Å². The first kappa shape index (κ1) is 19.2. The monoisotopic (exact) mass is 369 g/mol. The van der Waals surface area contributed by atoms with E-state index in [1.165, 1.54) is 19.3 Å². The molecule has 27 heavy (non-hydrogen) atoms. The minimum Gasteiger partial charge on any atom is -0.454 e. The Labute approximate surface area is 160 Å². The van der Waals surface area contributed by atoms with Crippen LogP contribution in [-0.4, -0.2) is 42.5 Å². The molecule has 1 saturated heterocycles. The predicted octanol–water partition coefficient (Wildman–Crippen LogP) is 2.94. The van der Waals surface area contributed by atoms with Gasteiger partial charge in [-0.15, -0.1) is 0 Å². The van der Waals surface area contributed by atoms with Crippen LogP contribution in [0.3, 0.4) is 0 Å². The van der Waals surface area contributed by atoms with E-state index < -0.39 is 5.97 Å². The number of carbonyl (C=O) groups is 2. The van der Waals surface area contributed by atoms with Gasteiger partial charge in [0.05, 0.1) is 11.6 Å². The lowest BCUT2D eigenvalue weighted by atomic mass is 9.72. The second-order valence-corrected chi connectivity index (χ2v) is 7.57. The topological polar surface area (TPSA) is 82.4 Å². The molecule has 1 aliphatic carbocycles. The first-order valence-electron chi connectivity index (χ1n) is 9.77. The molecule has 1 amide bonds. The quantitative estimate of drug-likeness (QED) is 0.807. The number of benzene rings is 1. The highest BCUT2D eigenvalue weighted by Crippen LogP contribution is 2.38. The maximum Gasteiger partial charge on any atom is 0.325 e. The molecule has 1 aliphatic heterocycles. The molecule has 0 radical (unpaired) electrons. The first-order chi connectivity index (χ1) is 13.1. The molecular formula is C21H27N3O3. The van der Waals surface area contributed by atoms with Crippen LogP contribution in [-0.2, 0) is 14.3 Å². The van der Waals surface area contributed by atoms with Crippen molar-refractivity contribution in [3.63, 3.8) is 0 Å². The number of ether oxygens (including phenoxy) is 1. The molecule has 1 aromatic rings. The summed E-state index contributed by atoms with van der Waals surface area (Å²) in [5, 5.41) is 11.7. The van der Waals surface area contributed by atoms with Gasteiger partial charge in [-0.05, 0) is 55.4 Å². The lowest BCUT2D eigenvalue weighted by molar-refractivity contribution is -0.154. The largest absolute Gasteiger partial charge is 0.454 e. The molecule has 1 heterocycles. The Balaban J connectivity index is 1.45. The number of fused-ring (bicyclic) bond motifs is 1. The molecule has 6 nitrogen and oxygen atoms in total. The molecule has 0 aromatic heterocycles. The SMILES string of the molecule is C[C@@H]1CCN(C(=O)COC(=O)CNc2ccc(C#N)cc2)[C@H]2CCCC[C@@H]12. The fourth-order valence-corrected chi connectivity index (χ4v) is 4.34. The number of hydrogen-bond donors (Lipinski definition) is 1. The fourth-order valence-electron chi connectivity index (χ4n) is 4.34. The molecule has 2 aliphatic rings. The fraction of sp³-hybridized carbons (Fsp3) is 0.571. The van der Waals surface area contributed by atoms with Crippen LogP contribution in [0.5, 0.6) is 0 Å². The van der Waals surface area contributed by atoms with Crippen LogP contribution in [0.4, 0.5) is 5.69 Å². The molecule has 0 spiro atoms. The standard InChI is InChI=1S/C21H27N3O3/c1-15-10-11-24(19-5-3-2-4-18(15)19)20(25)14-27-21(26)13-23-17-8-6-16(12-22)7-9-17/h6-9,15,18-19,23H,2-5,10-11,13-14H2,1H3/t15-,18+,19+/m1/s1. The van der Waals surface area contributed by atoms with Crippen LogP contribution in [0.1, 0.15) is 44.6 Å². The highest BCUT2D eigenvalue weighted by Gasteiger charge is 2.39. The Morgan fingerprint density at radius 3 is 2.70 bits per heavy atom. The summed E-state index contributed by atoms with van der Waals surface area (Å²) in [7, 11) is 0. The third-order valence-corrected chi connectivity index (χ3v) is 5.87. The molecule has 2 fully saturated rings. The van der Waals surface area contributed by atoms with E-state index >= 15 is 0 Å². The van der Waals surface area contributed by atoms with E-state index in [0.29, 0.717) is 23.4 Å². The summed E-state index contributed by atoms with van der Waals surface area (Å²) in [5.41, 5.74) is 1.29. The maximum absolute atomic E-state index is 12.6. The summed E-state index contributed by atoms with van der Waals surface area (Å²) in [4.78, 5) is 26.5. The number of nitriles is 1. The highest BCUT2D eigenvalue weighted by molar-refractivity contribution is 5.82. The van der Waals surface area contributed by atoms with E-state index in [2.05, 4.69) is 12.2 Å². The van der Waals surface area contributed by atoms with Crippen molar-refractivity contribution in [3.8, 4) is 6.07 Å². The van der Waals surface area contributed by atoms with Crippen molar-refractivity contribution in [2.24, 2.45) is 11.8 Å². The first-order valence-corrected chi connectivity index (χ1v) is 9.77. The van der Waals surface area contributed by atoms with Gasteiger partial charge < -0.3 is 15.0 Å². The molecule has 3 rings (SSSR count). The highest BCUT2D eigenvalue weighted by atomic mass is 16.5. The van der Waals surface area contributed by atoms with E-state index in [0.717, 1.165) is 25.1 Å². The number of rotatable bonds is 5. The van der Waals surface area contributed by atoms with Crippen molar-refractivity contribution in [3.05, 3.63) is 29.8 Å². The number of carbonyl (C=O) groups excluding carboxylic acids is 2. The molecule has 1 N–H and O–H groups in total. The Morgan fingerprint density at radius 2 is 1.96 bits per heavy atom. The number of piperidine rings is 1. The minimum atomic E-state index is -0.460. The van der Waals surface area contributed by atoms with Crippen molar-refractivity contribution in [2.75, 3.05) is 25.0 Å². The van der Waals surface area contributed by atoms with E-state index in [-0.39, 0.29) is 19.1 Å². The summed E-state index contributed by atoms with van der Waals surface area (Å²) in [6.45, 7) is 2.86. The number of esters is 1. The Kier molecular flexibility index (Phi) is 6.33. The van der Waals surface area contributed by atoms with Gasteiger partial charge in [-0.25, -0.2) is 0 Å². The zero-order chi connectivity index (χ0) is 19.2. The minimum absolute atomic E-state index is 0.0116. The summed E-state index contributed by atoms with van der Waals surface area (Å²) < 4.78 is 5.19. The van der Waals surface area contributed by atoms with Crippen LogP contribution in [0.2, 0.25) is 0 Å². The van der Waals surface area contributed by atoms with Crippen LogP contribution in [0, 0.1) is 23.2 Å². The summed E-state index contributed by atoms with van der Waals surface area (Å²) >= 11 is 0. The Bertz CT molecular complexity index is 710. The molecule has 6 heteroatoms. The molecule has 1 saturated carbocycles. The molecule has 0 bridgehead atoms. The van der Waals surface area contributed by atoms with E-state index in [9.17, 15) is 9.59 Å². The van der Waals surface area contributed by atoms with E-state index in [1.54, 1.807) is 24.3 Å². The number of likely N-dealkylation sites (tertiary alicyclic amines) is 1. The number of hydrogen-bond acceptors (Lipinski definition) is 5. The van der Waals surface area contributed by atoms with Crippen LogP contribution in [0.15, 0.2) is 24.3 Å². The zero-order valence-corrected chi connectivity index (χ0v) is 15.8. The van der Waals surface area contributed by atoms with Crippen LogP contribution >= 0.6 is 0 Å². The third-order valence-electron chi connectivity index (χ3n) is 5.87. The third kappa shape index (κ3) is 4.79. The van der Waals surface area contributed by atoms with Gasteiger partial charge >= 0.3 is 5.97 Å². The van der Waals surface area contributed by atoms with Gasteiger partial charge in [-0.1, -0.05) is 19.8 Å². The number of anilines is 1. The number of nitrogens with one attached hydrogen (secondary N) is 1. The van der Waals surface area contributed by atoms with Gasteiger partial charge in [-0.2, -0.15) is 5.26 Å². The van der Waals surface area contributed by atoms with Crippen molar-refractivity contribution in [1.82, 2.24) is 4.90 Å². The van der Waals surface area contributed by atoms with Crippen molar-refractivity contribution < 1.29 is 14.3 Å². The molecule has 144 valence electrons.